The molecule has 124 valence electrons. The molecular weight excluding hydrogens is 306 g/mol. The smallest absolute Gasteiger partial charge is 0.279 e. The number of piperidine rings is 1. The van der Waals surface area contributed by atoms with E-state index in [0.717, 1.165) is 25.7 Å². The van der Waals surface area contributed by atoms with Crippen LogP contribution in [0.2, 0.25) is 0 Å². The van der Waals surface area contributed by atoms with E-state index in [-0.39, 0.29) is 11.6 Å². The maximum absolute atomic E-state index is 12.7. The van der Waals surface area contributed by atoms with E-state index in [1.54, 1.807) is 13.2 Å². The van der Waals surface area contributed by atoms with Crippen molar-refractivity contribution >= 4 is 10.2 Å². The van der Waals surface area contributed by atoms with Crippen LogP contribution in [0.3, 0.4) is 0 Å². The van der Waals surface area contributed by atoms with Gasteiger partial charge in [0.1, 0.15) is 5.82 Å². The monoisotopic (exact) mass is 329 g/mol. The predicted octanol–water partition coefficient (Wildman–Crippen LogP) is 0.111. The van der Waals surface area contributed by atoms with E-state index in [4.69, 9.17) is 0 Å². The first-order chi connectivity index (χ1) is 10.5. The maximum atomic E-state index is 12.7. The van der Waals surface area contributed by atoms with Crippen molar-refractivity contribution in [1.29, 1.82) is 0 Å². The molecule has 8 nitrogen and oxygen atoms in total. The molecule has 2 aliphatic rings. The largest absolute Gasteiger partial charge is 0.343 e. The topological polar surface area (TPSA) is 91.3 Å². The molecule has 1 aromatic rings. The van der Waals surface area contributed by atoms with E-state index >= 15 is 0 Å². The SMILES string of the molecule is CCn1c([C@H]2CCCN(S(=O)(=O)N3CCCC3)C2)n[nH]c1=O. The number of rotatable bonds is 4. The Kier molecular flexibility index (Phi) is 4.37. The van der Waals surface area contributed by atoms with Crippen LogP contribution in [0.5, 0.6) is 0 Å². The number of nitrogens with one attached hydrogen (secondary N) is 1. The van der Waals surface area contributed by atoms with Crippen LogP contribution in [0, 0.1) is 0 Å². The lowest BCUT2D eigenvalue weighted by molar-refractivity contribution is 0.284. The highest BCUT2D eigenvalue weighted by Crippen LogP contribution is 2.28. The molecular formula is C13H23N5O3S. The van der Waals surface area contributed by atoms with Crippen LogP contribution in [0.4, 0.5) is 0 Å². The second-order valence-electron chi connectivity index (χ2n) is 5.94. The first-order valence-corrected chi connectivity index (χ1v) is 9.34. The summed E-state index contributed by atoms with van der Waals surface area (Å²) < 4.78 is 30.1. The Balaban J connectivity index is 1.81. The Labute approximate surface area is 130 Å². The lowest BCUT2D eigenvalue weighted by Gasteiger charge is -2.33. The summed E-state index contributed by atoms with van der Waals surface area (Å²) in [6.07, 6.45) is 3.52. The minimum absolute atomic E-state index is 0.0231. The van der Waals surface area contributed by atoms with Gasteiger partial charge in [-0.05, 0) is 32.6 Å². The summed E-state index contributed by atoms with van der Waals surface area (Å²) in [5.41, 5.74) is -0.225. The summed E-state index contributed by atoms with van der Waals surface area (Å²) >= 11 is 0. The van der Waals surface area contributed by atoms with Crippen molar-refractivity contribution < 1.29 is 8.42 Å². The normalized spacial score (nSPS) is 24.9. The van der Waals surface area contributed by atoms with Crippen molar-refractivity contribution in [1.82, 2.24) is 23.4 Å². The average molecular weight is 329 g/mol. The molecule has 0 saturated carbocycles. The number of H-pyrrole nitrogens is 1. The Morgan fingerprint density at radius 3 is 2.55 bits per heavy atom. The van der Waals surface area contributed by atoms with Gasteiger partial charge in [0.05, 0.1) is 0 Å². The highest BCUT2D eigenvalue weighted by molar-refractivity contribution is 7.86. The van der Waals surface area contributed by atoms with Gasteiger partial charge in [0.15, 0.2) is 0 Å². The molecule has 0 aliphatic carbocycles. The standard InChI is InChI=1S/C13H23N5O3S/c1-2-18-12(14-15-13(18)19)11-6-5-9-17(10-11)22(20,21)16-7-3-4-8-16/h11H,2-10H2,1H3,(H,15,19)/t11-/m0/s1. The van der Waals surface area contributed by atoms with Crippen molar-refractivity contribution in [3.8, 4) is 0 Å². The van der Waals surface area contributed by atoms with Crippen LogP contribution >= 0.6 is 0 Å². The van der Waals surface area contributed by atoms with E-state index in [0.29, 0.717) is 38.5 Å². The number of hydrogen-bond donors (Lipinski definition) is 1. The fourth-order valence-corrected chi connectivity index (χ4v) is 5.17. The molecule has 0 spiro atoms. The molecule has 2 aliphatic heterocycles. The molecule has 1 aromatic heterocycles. The molecule has 3 heterocycles. The quantitative estimate of drug-likeness (QED) is 0.849. The van der Waals surface area contributed by atoms with Crippen LogP contribution in [0.1, 0.15) is 44.3 Å². The highest BCUT2D eigenvalue weighted by atomic mass is 32.2. The van der Waals surface area contributed by atoms with E-state index < -0.39 is 10.2 Å². The molecule has 22 heavy (non-hydrogen) atoms. The van der Waals surface area contributed by atoms with Gasteiger partial charge in [-0.2, -0.15) is 22.1 Å². The summed E-state index contributed by atoms with van der Waals surface area (Å²) in [6.45, 7) is 4.62. The zero-order valence-corrected chi connectivity index (χ0v) is 13.7. The van der Waals surface area contributed by atoms with Crippen LogP contribution in [0.25, 0.3) is 0 Å². The summed E-state index contributed by atoms with van der Waals surface area (Å²) in [7, 11) is -3.37. The lowest BCUT2D eigenvalue weighted by atomic mass is 9.99. The first-order valence-electron chi connectivity index (χ1n) is 7.94. The minimum Gasteiger partial charge on any atom is -0.279 e. The van der Waals surface area contributed by atoms with Gasteiger partial charge in [-0.1, -0.05) is 0 Å². The molecule has 0 aromatic carbocycles. The third kappa shape index (κ3) is 2.72. The molecule has 0 amide bonds. The molecule has 0 unspecified atom stereocenters. The summed E-state index contributed by atoms with van der Waals surface area (Å²) in [5.74, 6) is 0.652. The molecule has 9 heteroatoms. The van der Waals surface area contributed by atoms with Gasteiger partial charge >= 0.3 is 5.69 Å². The Morgan fingerprint density at radius 2 is 1.86 bits per heavy atom. The summed E-state index contributed by atoms with van der Waals surface area (Å²) in [4.78, 5) is 11.7. The van der Waals surface area contributed by atoms with Gasteiger partial charge in [0, 0.05) is 38.6 Å². The predicted molar refractivity (Wildman–Crippen MR) is 81.8 cm³/mol. The molecule has 0 bridgehead atoms. The zero-order chi connectivity index (χ0) is 15.7. The van der Waals surface area contributed by atoms with Crippen molar-refractivity contribution in [3.63, 3.8) is 0 Å². The third-order valence-corrected chi connectivity index (χ3v) is 6.57. The Hall–Kier alpha value is -1.19. The van der Waals surface area contributed by atoms with Gasteiger partial charge in [-0.25, -0.2) is 9.89 Å². The van der Waals surface area contributed by atoms with Crippen molar-refractivity contribution in [2.75, 3.05) is 26.2 Å². The zero-order valence-electron chi connectivity index (χ0n) is 12.9. The van der Waals surface area contributed by atoms with E-state index in [2.05, 4.69) is 10.2 Å². The van der Waals surface area contributed by atoms with E-state index in [9.17, 15) is 13.2 Å². The van der Waals surface area contributed by atoms with Crippen molar-refractivity contribution in [2.45, 2.75) is 45.1 Å². The molecule has 0 radical (unpaired) electrons. The molecule has 2 fully saturated rings. The average Bonchev–Trinajstić information content (AvgIpc) is 3.17. The Bertz CT molecular complexity index is 674. The van der Waals surface area contributed by atoms with E-state index in [1.165, 1.54) is 0 Å². The fourth-order valence-electron chi connectivity index (χ4n) is 3.39. The van der Waals surface area contributed by atoms with Gasteiger partial charge in [-0.15, -0.1) is 0 Å². The lowest BCUT2D eigenvalue weighted by Crippen LogP contribution is -2.47. The molecule has 3 rings (SSSR count). The van der Waals surface area contributed by atoms with Gasteiger partial charge in [0.25, 0.3) is 10.2 Å². The van der Waals surface area contributed by atoms with Gasteiger partial charge in [-0.3, -0.25) is 4.57 Å². The maximum Gasteiger partial charge on any atom is 0.343 e. The fraction of sp³-hybridized carbons (Fsp3) is 0.846. The molecule has 1 atom stereocenters. The van der Waals surface area contributed by atoms with Gasteiger partial charge < -0.3 is 0 Å². The number of nitrogens with zero attached hydrogens (tertiary/aromatic N) is 4. The van der Waals surface area contributed by atoms with Crippen LogP contribution in [-0.4, -0.2) is 58.0 Å². The number of aromatic nitrogens is 3. The molecule has 1 N–H and O–H groups in total. The van der Waals surface area contributed by atoms with Crippen LogP contribution in [-0.2, 0) is 16.8 Å². The number of aromatic amines is 1. The van der Waals surface area contributed by atoms with Crippen molar-refractivity contribution in [3.05, 3.63) is 16.3 Å². The summed E-state index contributed by atoms with van der Waals surface area (Å²) in [5, 5.41) is 6.59. The molecule has 2 saturated heterocycles. The summed E-state index contributed by atoms with van der Waals surface area (Å²) in [6, 6.07) is 0. The minimum atomic E-state index is -3.37. The highest BCUT2D eigenvalue weighted by Gasteiger charge is 2.36. The van der Waals surface area contributed by atoms with Crippen molar-refractivity contribution in [2.24, 2.45) is 0 Å². The van der Waals surface area contributed by atoms with Crippen LogP contribution in [0.15, 0.2) is 4.79 Å². The Morgan fingerprint density at radius 1 is 1.18 bits per heavy atom. The van der Waals surface area contributed by atoms with E-state index in [1.807, 2.05) is 6.92 Å². The first kappa shape index (κ1) is 15.7. The number of hydrogen-bond acceptors (Lipinski definition) is 4. The second kappa shape index (κ2) is 6.13. The third-order valence-electron chi connectivity index (χ3n) is 4.57. The van der Waals surface area contributed by atoms with Crippen LogP contribution < -0.4 is 5.69 Å². The second-order valence-corrected chi connectivity index (χ2v) is 7.87. The van der Waals surface area contributed by atoms with Gasteiger partial charge in [0.2, 0.25) is 0 Å².